The fraction of sp³-hybridized carbons (Fsp3) is 0.545. The fourth-order valence-electron chi connectivity index (χ4n) is 1.62. The van der Waals surface area contributed by atoms with Gasteiger partial charge in [0, 0.05) is 24.9 Å². The molecule has 0 saturated carbocycles. The van der Waals surface area contributed by atoms with Crippen molar-refractivity contribution in [3.05, 3.63) is 18.7 Å². The SMILES string of the molecule is CCCC(CC(=O)NOCC(N)=O)n1ccnc1. The van der Waals surface area contributed by atoms with Crippen LogP contribution in [0.1, 0.15) is 32.2 Å². The zero-order valence-corrected chi connectivity index (χ0v) is 10.3. The van der Waals surface area contributed by atoms with Gasteiger partial charge in [-0.1, -0.05) is 13.3 Å². The predicted molar refractivity (Wildman–Crippen MR) is 64.1 cm³/mol. The second kappa shape index (κ2) is 7.44. The molecule has 0 fully saturated rings. The zero-order valence-electron chi connectivity index (χ0n) is 10.3. The summed E-state index contributed by atoms with van der Waals surface area (Å²) in [6.07, 6.45) is 7.25. The molecule has 1 heterocycles. The number of hydrogen-bond donors (Lipinski definition) is 2. The normalized spacial score (nSPS) is 12.1. The lowest BCUT2D eigenvalue weighted by molar-refractivity contribution is -0.138. The van der Waals surface area contributed by atoms with Crippen LogP contribution in [0.25, 0.3) is 0 Å². The number of rotatable bonds is 8. The van der Waals surface area contributed by atoms with E-state index in [2.05, 4.69) is 15.3 Å². The molecule has 7 nitrogen and oxygen atoms in total. The molecule has 0 saturated heterocycles. The van der Waals surface area contributed by atoms with E-state index in [0.717, 1.165) is 12.8 Å². The Bertz CT molecular complexity index is 378. The first-order valence-corrected chi connectivity index (χ1v) is 5.79. The van der Waals surface area contributed by atoms with E-state index in [1.165, 1.54) is 0 Å². The van der Waals surface area contributed by atoms with Gasteiger partial charge in [-0.25, -0.2) is 10.5 Å². The molecule has 0 aliphatic heterocycles. The van der Waals surface area contributed by atoms with Crippen molar-refractivity contribution in [2.75, 3.05) is 6.61 Å². The van der Waals surface area contributed by atoms with Gasteiger partial charge < -0.3 is 10.3 Å². The van der Waals surface area contributed by atoms with Crippen molar-refractivity contribution in [2.24, 2.45) is 5.73 Å². The molecule has 1 unspecified atom stereocenters. The molecule has 0 aliphatic rings. The lowest BCUT2D eigenvalue weighted by Gasteiger charge is -2.17. The third-order valence-corrected chi connectivity index (χ3v) is 2.39. The molecule has 1 atom stereocenters. The highest BCUT2D eigenvalue weighted by molar-refractivity contribution is 5.77. The van der Waals surface area contributed by atoms with Gasteiger partial charge in [0.1, 0.15) is 0 Å². The molecule has 7 heteroatoms. The van der Waals surface area contributed by atoms with E-state index in [4.69, 9.17) is 5.73 Å². The number of aromatic nitrogens is 2. The van der Waals surface area contributed by atoms with Crippen LogP contribution >= 0.6 is 0 Å². The third kappa shape index (κ3) is 4.96. The minimum absolute atomic E-state index is 0.0367. The van der Waals surface area contributed by atoms with Crippen molar-refractivity contribution in [2.45, 2.75) is 32.2 Å². The molecule has 0 aliphatic carbocycles. The summed E-state index contributed by atoms with van der Waals surface area (Å²) in [5, 5.41) is 0. The second-order valence-electron chi connectivity index (χ2n) is 3.94. The molecule has 0 aromatic carbocycles. The standard InChI is InChI=1S/C11H18N4O3/c1-2-3-9(15-5-4-13-8-15)6-11(17)14-18-7-10(12)16/h4-5,8-9H,2-3,6-7H2,1H3,(H2,12,16)(H,14,17). The van der Waals surface area contributed by atoms with Crippen molar-refractivity contribution < 1.29 is 14.4 Å². The Hall–Kier alpha value is -1.89. The Morgan fingerprint density at radius 1 is 1.56 bits per heavy atom. The van der Waals surface area contributed by atoms with Gasteiger partial charge in [-0.2, -0.15) is 0 Å². The Kier molecular flexibility index (Phi) is 5.86. The van der Waals surface area contributed by atoms with E-state index in [0.29, 0.717) is 0 Å². The summed E-state index contributed by atoms with van der Waals surface area (Å²) in [5.74, 6) is -0.918. The van der Waals surface area contributed by atoms with Crippen LogP contribution in [0.4, 0.5) is 0 Å². The molecule has 1 aromatic heterocycles. The number of hydroxylamine groups is 1. The second-order valence-corrected chi connectivity index (χ2v) is 3.94. The molecular formula is C11H18N4O3. The third-order valence-electron chi connectivity index (χ3n) is 2.39. The van der Waals surface area contributed by atoms with Gasteiger partial charge in [-0.15, -0.1) is 0 Å². The Balaban J connectivity index is 2.41. The van der Waals surface area contributed by atoms with E-state index in [9.17, 15) is 9.59 Å². The largest absolute Gasteiger partial charge is 0.368 e. The number of carbonyl (C=O) groups excluding carboxylic acids is 2. The number of nitrogens with two attached hydrogens (primary N) is 1. The van der Waals surface area contributed by atoms with E-state index < -0.39 is 5.91 Å². The molecule has 3 N–H and O–H groups in total. The van der Waals surface area contributed by atoms with E-state index in [1.54, 1.807) is 12.5 Å². The van der Waals surface area contributed by atoms with Gasteiger partial charge in [-0.05, 0) is 6.42 Å². The fourth-order valence-corrected chi connectivity index (χ4v) is 1.62. The smallest absolute Gasteiger partial charge is 0.246 e. The molecule has 18 heavy (non-hydrogen) atoms. The number of nitrogens with zero attached hydrogens (tertiary/aromatic N) is 2. The first-order chi connectivity index (χ1) is 8.63. The Morgan fingerprint density at radius 3 is 2.89 bits per heavy atom. The minimum atomic E-state index is -0.630. The van der Waals surface area contributed by atoms with Gasteiger partial charge in [0.05, 0.1) is 6.33 Å². The predicted octanol–water partition coefficient (Wildman–Crippen LogP) is 0.148. The van der Waals surface area contributed by atoms with Crippen LogP contribution < -0.4 is 11.2 Å². The van der Waals surface area contributed by atoms with Crippen molar-refractivity contribution in [3.8, 4) is 0 Å². The maximum atomic E-state index is 11.6. The van der Waals surface area contributed by atoms with E-state index in [-0.39, 0.29) is 25.0 Å². The van der Waals surface area contributed by atoms with E-state index >= 15 is 0 Å². The number of imidazole rings is 1. The molecule has 1 aromatic rings. The summed E-state index contributed by atoms with van der Waals surface area (Å²) in [4.78, 5) is 30.6. The summed E-state index contributed by atoms with van der Waals surface area (Å²) >= 11 is 0. The first kappa shape index (κ1) is 14.2. The molecule has 0 bridgehead atoms. The minimum Gasteiger partial charge on any atom is -0.368 e. The van der Waals surface area contributed by atoms with Gasteiger partial charge >= 0.3 is 0 Å². The van der Waals surface area contributed by atoms with Crippen LogP contribution in [0.15, 0.2) is 18.7 Å². The van der Waals surface area contributed by atoms with Crippen LogP contribution in [-0.2, 0) is 14.4 Å². The molecule has 0 radical (unpaired) electrons. The van der Waals surface area contributed by atoms with Crippen LogP contribution in [0, 0.1) is 0 Å². The van der Waals surface area contributed by atoms with Gasteiger partial charge in [0.25, 0.3) is 0 Å². The summed E-state index contributed by atoms with van der Waals surface area (Å²) in [7, 11) is 0. The van der Waals surface area contributed by atoms with Gasteiger partial charge in [-0.3, -0.25) is 14.4 Å². The van der Waals surface area contributed by atoms with Crippen molar-refractivity contribution in [3.63, 3.8) is 0 Å². The van der Waals surface area contributed by atoms with E-state index in [1.807, 2.05) is 17.7 Å². The molecular weight excluding hydrogens is 236 g/mol. The molecule has 2 amide bonds. The summed E-state index contributed by atoms with van der Waals surface area (Å²) < 4.78 is 1.89. The molecule has 0 spiro atoms. The molecule has 1 rings (SSSR count). The number of hydrogen-bond acceptors (Lipinski definition) is 4. The van der Waals surface area contributed by atoms with Crippen LogP contribution in [0.2, 0.25) is 0 Å². The average Bonchev–Trinajstić information content (AvgIpc) is 2.81. The monoisotopic (exact) mass is 254 g/mol. The average molecular weight is 254 g/mol. The highest BCUT2D eigenvalue weighted by atomic mass is 16.7. The zero-order chi connectivity index (χ0) is 13.4. The van der Waals surface area contributed by atoms with Crippen molar-refractivity contribution >= 4 is 11.8 Å². The number of primary amides is 1. The lowest BCUT2D eigenvalue weighted by Crippen LogP contribution is -2.30. The van der Waals surface area contributed by atoms with Crippen LogP contribution in [-0.4, -0.2) is 28.0 Å². The summed E-state index contributed by atoms with van der Waals surface area (Å²) in [6, 6.07) is 0.0367. The van der Waals surface area contributed by atoms with Crippen molar-refractivity contribution in [1.29, 1.82) is 0 Å². The van der Waals surface area contributed by atoms with Gasteiger partial charge in [0.2, 0.25) is 11.8 Å². The highest BCUT2D eigenvalue weighted by Gasteiger charge is 2.14. The van der Waals surface area contributed by atoms with Gasteiger partial charge in [0.15, 0.2) is 6.61 Å². The maximum Gasteiger partial charge on any atom is 0.246 e. The quantitative estimate of drug-likeness (QED) is 0.645. The van der Waals surface area contributed by atoms with Crippen molar-refractivity contribution in [1.82, 2.24) is 15.0 Å². The summed E-state index contributed by atoms with van der Waals surface area (Å²) in [6.45, 7) is 1.72. The number of amides is 2. The first-order valence-electron chi connectivity index (χ1n) is 5.79. The Labute approximate surface area is 105 Å². The topological polar surface area (TPSA) is 99.2 Å². The Morgan fingerprint density at radius 2 is 2.33 bits per heavy atom. The lowest BCUT2D eigenvalue weighted by atomic mass is 10.1. The molecule has 100 valence electrons. The van der Waals surface area contributed by atoms with Crippen LogP contribution in [0.5, 0.6) is 0 Å². The number of nitrogens with one attached hydrogen (secondary N) is 1. The summed E-state index contributed by atoms with van der Waals surface area (Å²) in [5.41, 5.74) is 7.07. The highest BCUT2D eigenvalue weighted by Crippen LogP contribution is 2.17. The maximum absolute atomic E-state index is 11.6. The number of carbonyl (C=O) groups is 2. The van der Waals surface area contributed by atoms with Crippen LogP contribution in [0.3, 0.4) is 0 Å².